The van der Waals surface area contributed by atoms with E-state index >= 15 is 0 Å². The molecular weight excluding hydrogens is 240 g/mol. The first kappa shape index (κ1) is 13.9. The van der Waals surface area contributed by atoms with E-state index in [1.807, 2.05) is 38.1 Å². The van der Waals surface area contributed by atoms with Gasteiger partial charge in [0, 0.05) is 13.1 Å². The highest BCUT2D eigenvalue weighted by molar-refractivity contribution is 5.74. The Bertz CT molecular complexity index is 448. The minimum Gasteiger partial charge on any atom is -0.391 e. The van der Waals surface area contributed by atoms with Crippen molar-refractivity contribution < 1.29 is 9.90 Å². The van der Waals surface area contributed by atoms with Gasteiger partial charge in [0.1, 0.15) is 0 Å². The van der Waals surface area contributed by atoms with Gasteiger partial charge in [0.05, 0.1) is 12.1 Å². The Hall–Kier alpha value is -1.55. The number of nitrogens with one attached hydrogen (secondary N) is 1. The molecule has 0 aliphatic carbocycles. The van der Waals surface area contributed by atoms with Crippen molar-refractivity contribution in [1.29, 1.82) is 0 Å². The third kappa shape index (κ3) is 3.47. The first-order valence-corrected chi connectivity index (χ1v) is 6.87. The molecule has 1 aromatic rings. The zero-order valence-corrected chi connectivity index (χ0v) is 11.6. The van der Waals surface area contributed by atoms with Crippen LogP contribution < -0.4 is 5.32 Å². The lowest BCUT2D eigenvalue weighted by molar-refractivity contribution is 0.0835. The van der Waals surface area contributed by atoms with Crippen molar-refractivity contribution in [3.63, 3.8) is 0 Å². The molecule has 4 nitrogen and oxygen atoms in total. The average Bonchev–Trinajstić information content (AvgIpc) is 2.39. The highest BCUT2D eigenvalue weighted by Gasteiger charge is 2.23. The van der Waals surface area contributed by atoms with Crippen LogP contribution >= 0.6 is 0 Å². The zero-order chi connectivity index (χ0) is 13.8. The summed E-state index contributed by atoms with van der Waals surface area (Å²) in [6, 6.07) is 7.94. The van der Waals surface area contributed by atoms with Gasteiger partial charge in [-0.15, -0.1) is 0 Å². The van der Waals surface area contributed by atoms with Crippen LogP contribution in [0.1, 0.15) is 36.9 Å². The number of rotatable bonds is 2. The maximum Gasteiger partial charge on any atom is 0.317 e. The van der Waals surface area contributed by atoms with Gasteiger partial charge in [0.25, 0.3) is 0 Å². The van der Waals surface area contributed by atoms with Crippen LogP contribution in [0, 0.1) is 6.92 Å². The number of aryl methyl sites for hydroxylation is 1. The van der Waals surface area contributed by atoms with Gasteiger partial charge in [-0.25, -0.2) is 4.79 Å². The number of hydrogen-bond donors (Lipinski definition) is 2. The lowest BCUT2D eigenvalue weighted by atomic mass is 10.0. The fraction of sp³-hybridized carbons (Fsp3) is 0.533. The molecule has 2 amide bonds. The number of amides is 2. The molecule has 1 aromatic carbocycles. The predicted octanol–water partition coefficient (Wildman–Crippen LogP) is 2.22. The molecule has 2 atom stereocenters. The Kier molecular flexibility index (Phi) is 4.43. The Morgan fingerprint density at radius 3 is 2.89 bits per heavy atom. The second-order valence-electron chi connectivity index (χ2n) is 5.27. The molecular formula is C15H22N2O2. The smallest absolute Gasteiger partial charge is 0.317 e. The number of carbonyl (C=O) groups excluding carboxylic acids is 1. The van der Waals surface area contributed by atoms with Crippen molar-refractivity contribution in [2.24, 2.45) is 0 Å². The zero-order valence-electron chi connectivity index (χ0n) is 11.6. The summed E-state index contributed by atoms with van der Waals surface area (Å²) in [5, 5.41) is 12.6. The van der Waals surface area contributed by atoms with E-state index in [-0.39, 0.29) is 18.2 Å². The molecule has 1 saturated heterocycles. The van der Waals surface area contributed by atoms with E-state index in [2.05, 4.69) is 5.32 Å². The second-order valence-corrected chi connectivity index (χ2v) is 5.27. The van der Waals surface area contributed by atoms with Gasteiger partial charge >= 0.3 is 6.03 Å². The topological polar surface area (TPSA) is 52.6 Å². The number of likely N-dealkylation sites (tertiary alicyclic amines) is 1. The molecule has 2 rings (SSSR count). The third-order valence-electron chi connectivity index (χ3n) is 3.68. The quantitative estimate of drug-likeness (QED) is 0.858. The molecule has 2 N–H and O–H groups in total. The van der Waals surface area contributed by atoms with Gasteiger partial charge in [-0.05, 0) is 37.8 Å². The number of β-amino-alcohol motifs (C(OH)–C–C–N with tert-alkyl or cyclic N) is 1. The number of carbonyl (C=O) groups is 1. The molecule has 1 heterocycles. The molecule has 2 unspecified atom stereocenters. The maximum atomic E-state index is 12.1. The van der Waals surface area contributed by atoms with E-state index in [1.54, 1.807) is 4.90 Å². The van der Waals surface area contributed by atoms with Crippen molar-refractivity contribution in [1.82, 2.24) is 10.2 Å². The van der Waals surface area contributed by atoms with Crippen LogP contribution in [-0.2, 0) is 0 Å². The molecule has 4 heteroatoms. The largest absolute Gasteiger partial charge is 0.391 e. The summed E-state index contributed by atoms with van der Waals surface area (Å²) < 4.78 is 0. The van der Waals surface area contributed by atoms with Crippen LogP contribution in [-0.4, -0.2) is 35.2 Å². The minimum absolute atomic E-state index is 0.0206. The Balaban J connectivity index is 1.97. The summed E-state index contributed by atoms with van der Waals surface area (Å²) in [5.74, 6) is 0. The highest BCUT2D eigenvalue weighted by Crippen LogP contribution is 2.17. The normalized spacial score (nSPS) is 21.0. The van der Waals surface area contributed by atoms with Crippen LogP contribution in [0.5, 0.6) is 0 Å². The van der Waals surface area contributed by atoms with Crippen molar-refractivity contribution in [3.8, 4) is 0 Å². The van der Waals surface area contributed by atoms with Crippen LogP contribution in [0.3, 0.4) is 0 Å². The summed E-state index contributed by atoms with van der Waals surface area (Å²) in [6.45, 7) is 5.19. The third-order valence-corrected chi connectivity index (χ3v) is 3.68. The van der Waals surface area contributed by atoms with Gasteiger partial charge < -0.3 is 15.3 Å². The van der Waals surface area contributed by atoms with Gasteiger partial charge in [-0.1, -0.05) is 24.3 Å². The standard InChI is InChI=1S/C15H22N2O2/c1-11-6-3-4-8-14(11)12(2)16-15(19)17-9-5-7-13(18)10-17/h3-4,6,8,12-13,18H,5,7,9-10H2,1-2H3,(H,16,19). The SMILES string of the molecule is Cc1ccccc1C(C)NC(=O)N1CCCC(O)C1. The summed E-state index contributed by atoms with van der Waals surface area (Å²) in [4.78, 5) is 13.8. The Morgan fingerprint density at radius 1 is 1.47 bits per heavy atom. The van der Waals surface area contributed by atoms with Crippen LogP contribution in [0.4, 0.5) is 4.79 Å². The number of aliphatic hydroxyl groups is 1. The molecule has 0 bridgehead atoms. The minimum atomic E-state index is -0.381. The Morgan fingerprint density at radius 2 is 2.21 bits per heavy atom. The Labute approximate surface area is 114 Å². The van der Waals surface area contributed by atoms with Crippen molar-refractivity contribution in [2.45, 2.75) is 38.8 Å². The fourth-order valence-electron chi connectivity index (χ4n) is 2.57. The summed E-state index contributed by atoms with van der Waals surface area (Å²) in [7, 11) is 0. The van der Waals surface area contributed by atoms with Crippen molar-refractivity contribution in [3.05, 3.63) is 35.4 Å². The van der Waals surface area contributed by atoms with E-state index in [0.29, 0.717) is 6.54 Å². The molecule has 0 spiro atoms. The number of nitrogens with zero attached hydrogens (tertiary/aromatic N) is 1. The number of urea groups is 1. The first-order valence-electron chi connectivity index (χ1n) is 6.87. The molecule has 1 aliphatic rings. The molecule has 1 aliphatic heterocycles. The lowest BCUT2D eigenvalue weighted by Gasteiger charge is -2.31. The second kappa shape index (κ2) is 6.06. The van der Waals surface area contributed by atoms with E-state index < -0.39 is 0 Å². The average molecular weight is 262 g/mol. The number of benzene rings is 1. The number of aliphatic hydroxyl groups excluding tert-OH is 1. The van der Waals surface area contributed by atoms with Crippen LogP contribution in [0.2, 0.25) is 0 Å². The predicted molar refractivity (Wildman–Crippen MR) is 74.9 cm³/mol. The van der Waals surface area contributed by atoms with Crippen molar-refractivity contribution >= 4 is 6.03 Å². The van der Waals surface area contributed by atoms with E-state index in [0.717, 1.165) is 24.9 Å². The van der Waals surface area contributed by atoms with Crippen LogP contribution in [0.15, 0.2) is 24.3 Å². The molecule has 1 fully saturated rings. The monoisotopic (exact) mass is 262 g/mol. The molecule has 104 valence electrons. The first-order chi connectivity index (χ1) is 9.08. The van der Waals surface area contributed by atoms with E-state index in [9.17, 15) is 9.90 Å². The fourth-order valence-corrected chi connectivity index (χ4v) is 2.57. The lowest BCUT2D eigenvalue weighted by Crippen LogP contribution is -2.47. The van der Waals surface area contributed by atoms with Crippen LogP contribution in [0.25, 0.3) is 0 Å². The van der Waals surface area contributed by atoms with E-state index in [1.165, 1.54) is 5.56 Å². The number of hydrogen-bond acceptors (Lipinski definition) is 2. The van der Waals surface area contributed by atoms with Gasteiger partial charge in [-0.3, -0.25) is 0 Å². The van der Waals surface area contributed by atoms with Crippen molar-refractivity contribution in [2.75, 3.05) is 13.1 Å². The summed E-state index contributed by atoms with van der Waals surface area (Å²) in [5.41, 5.74) is 2.31. The van der Waals surface area contributed by atoms with Gasteiger partial charge in [0.15, 0.2) is 0 Å². The number of piperidine rings is 1. The molecule has 0 radical (unpaired) electrons. The molecule has 0 aromatic heterocycles. The van der Waals surface area contributed by atoms with E-state index in [4.69, 9.17) is 0 Å². The van der Waals surface area contributed by atoms with Gasteiger partial charge in [-0.2, -0.15) is 0 Å². The van der Waals surface area contributed by atoms with Gasteiger partial charge in [0.2, 0.25) is 0 Å². The summed E-state index contributed by atoms with van der Waals surface area (Å²) >= 11 is 0. The summed E-state index contributed by atoms with van der Waals surface area (Å²) in [6.07, 6.45) is 1.28. The highest BCUT2D eigenvalue weighted by atomic mass is 16.3. The molecule has 19 heavy (non-hydrogen) atoms. The maximum absolute atomic E-state index is 12.1. The molecule has 0 saturated carbocycles.